The van der Waals surface area contributed by atoms with Gasteiger partial charge in [-0.15, -0.1) is 0 Å². The number of halogens is 6. The van der Waals surface area contributed by atoms with Gasteiger partial charge in [0.2, 0.25) is 11.6 Å². The zero-order chi connectivity index (χ0) is 24.1. The molecule has 4 nitrogen and oxygen atoms in total. The maximum absolute atomic E-state index is 12.2. The van der Waals surface area contributed by atoms with E-state index in [2.05, 4.69) is 11.8 Å². The molecule has 2 aromatic rings. The zero-order valence-electron chi connectivity index (χ0n) is 15.9. The highest BCUT2D eigenvalue weighted by atomic mass is 19.4. The number of carbonyl (C=O) groups is 4. The van der Waals surface area contributed by atoms with Crippen LogP contribution in [-0.2, 0) is 9.59 Å². The molecule has 0 atom stereocenters. The van der Waals surface area contributed by atoms with Crippen LogP contribution in [0.3, 0.4) is 0 Å². The molecular formula is C22H12F6O4. The monoisotopic (exact) mass is 454 g/mol. The maximum Gasteiger partial charge on any atom is 0.450 e. The Morgan fingerprint density at radius 2 is 0.844 bits per heavy atom. The molecule has 2 aromatic carbocycles. The fraction of sp³-hybridized carbons (Fsp3) is 0.182. The van der Waals surface area contributed by atoms with E-state index in [1.54, 1.807) is 0 Å². The molecule has 0 aliphatic heterocycles. The van der Waals surface area contributed by atoms with E-state index < -0.39 is 48.3 Å². The Morgan fingerprint density at radius 3 is 1.09 bits per heavy atom. The second-order valence-corrected chi connectivity index (χ2v) is 6.45. The molecule has 0 radical (unpaired) electrons. The highest BCUT2D eigenvalue weighted by Crippen LogP contribution is 2.20. The number of benzene rings is 2. The molecule has 0 saturated carbocycles. The van der Waals surface area contributed by atoms with Crippen LogP contribution in [-0.4, -0.2) is 35.5 Å². The number of ketones is 4. The molecule has 10 heteroatoms. The van der Waals surface area contributed by atoms with Crippen molar-refractivity contribution in [3.8, 4) is 11.8 Å². The first-order valence-corrected chi connectivity index (χ1v) is 8.76. The Morgan fingerprint density at radius 1 is 0.562 bits per heavy atom. The first-order valence-electron chi connectivity index (χ1n) is 8.76. The van der Waals surface area contributed by atoms with Crippen molar-refractivity contribution in [2.45, 2.75) is 25.2 Å². The van der Waals surface area contributed by atoms with Crippen LogP contribution >= 0.6 is 0 Å². The van der Waals surface area contributed by atoms with E-state index in [-0.39, 0.29) is 11.1 Å². The fourth-order valence-corrected chi connectivity index (χ4v) is 2.32. The molecule has 0 heterocycles. The van der Waals surface area contributed by atoms with Gasteiger partial charge < -0.3 is 0 Å². The number of rotatable bonds is 6. The molecule has 0 saturated heterocycles. The lowest BCUT2D eigenvalue weighted by atomic mass is 10.0. The number of hydrogen-bond acceptors (Lipinski definition) is 4. The Bertz CT molecular complexity index is 1010. The van der Waals surface area contributed by atoms with Gasteiger partial charge in [0.15, 0.2) is 11.6 Å². The van der Waals surface area contributed by atoms with Gasteiger partial charge in [0, 0.05) is 22.3 Å². The van der Waals surface area contributed by atoms with Crippen molar-refractivity contribution in [2.24, 2.45) is 0 Å². The highest BCUT2D eigenvalue weighted by Gasteiger charge is 2.40. The molecule has 0 aliphatic rings. The average Bonchev–Trinajstić information content (AvgIpc) is 2.71. The van der Waals surface area contributed by atoms with Crippen LogP contribution in [0.1, 0.15) is 44.7 Å². The van der Waals surface area contributed by atoms with Crippen molar-refractivity contribution in [1.82, 2.24) is 0 Å². The number of Topliss-reactive ketones (excluding diaryl/α,β-unsaturated/α-hetero) is 4. The van der Waals surface area contributed by atoms with Gasteiger partial charge in [-0.25, -0.2) is 0 Å². The van der Waals surface area contributed by atoms with Crippen LogP contribution in [0.2, 0.25) is 0 Å². The predicted octanol–water partition coefficient (Wildman–Crippen LogP) is 4.49. The molecule has 0 N–H and O–H groups in total. The van der Waals surface area contributed by atoms with Crippen LogP contribution in [0.4, 0.5) is 26.3 Å². The summed E-state index contributed by atoms with van der Waals surface area (Å²) in [4.78, 5) is 45.2. The Hall–Kier alpha value is -3.74. The van der Waals surface area contributed by atoms with E-state index in [0.29, 0.717) is 11.1 Å². The minimum absolute atomic E-state index is 0.0931. The molecule has 166 valence electrons. The van der Waals surface area contributed by atoms with Crippen LogP contribution in [0.5, 0.6) is 0 Å². The number of alkyl halides is 6. The average molecular weight is 454 g/mol. The van der Waals surface area contributed by atoms with Gasteiger partial charge in [-0.3, -0.25) is 19.2 Å². The number of carbonyl (C=O) groups excluding carboxylic acids is 4. The van der Waals surface area contributed by atoms with Crippen LogP contribution in [0, 0.1) is 11.8 Å². The fourth-order valence-electron chi connectivity index (χ4n) is 2.32. The number of hydrogen-bond donors (Lipinski definition) is 0. The third kappa shape index (κ3) is 6.91. The Kier molecular flexibility index (Phi) is 7.36. The van der Waals surface area contributed by atoms with Crippen LogP contribution < -0.4 is 0 Å². The van der Waals surface area contributed by atoms with E-state index in [9.17, 15) is 45.5 Å². The first kappa shape index (κ1) is 24.5. The smallest absolute Gasteiger partial charge is 0.294 e. The first-order chi connectivity index (χ1) is 14.8. The maximum atomic E-state index is 12.2. The summed E-state index contributed by atoms with van der Waals surface area (Å²) >= 11 is 0. The quantitative estimate of drug-likeness (QED) is 0.279. The van der Waals surface area contributed by atoms with Gasteiger partial charge in [-0.05, 0) is 24.3 Å². The molecule has 32 heavy (non-hydrogen) atoms. The lowest BCUT2D eigenvalue weighted by Gasteiger charge is -2.04. The molecule has 0 bridgehead atoms. The van der Waals surface area contributed by atoms with Crippen molar-refractivity contribution in [2.75, 3.05) is 0 Å². The van der Waals surface area contributed by atoms with E-state index in [0.717, 1.165) is 0 Å². The van der Waals surface area contributed by atoms with Gasteiger partial charge in [-0.2, -0.15) is 26.3 Å². The summed E-state index contributed by atoms with van der Waals surface area (Å²) in [5, 5.41) is 0. The summed E-state index contributed by atoms with van der Waals surface area (Å²) < 4.78 is 73.3. The summed E-state index contributed by atoms with van der Waals surface area (Å²) in [6.07, 6.45) is -12.8. The van der Waals surface area contributed by atoms with Gasteiger partial charge in [-0.1, -0.05) is 36.1 Å². The van der Waals surface area contributed by atoms with Crippen molar-refractivity contribution >= 4 is 23.1 Å². The van der Waals surface area contributed by atoms with E-state index >= 15 is 0 Å². The molecule has 0 aromatic heterocycles. The molecule has 0 spiro atoms. The summed E-state index contributed by atoms with van der Waals surface area (Å²) in [6, 6.07) is 10.3. The van der Waals surface area contributed by atoms with Crippen molar-refractivity contribution < 1.29 is 45.5 Å². The topological polar surface area (TPSA) is 68.3 Å². The predicted molar refractivity (Wildman–Crippen MR) is 98.9 cm³/mol. The second-order valence-electron chi connectivity index (χ2n) is 6.45. The summed E-state index contributed by atoms with van der Waals surface area (Å²) in [6.45, 7) is 0. The molecule has 0 aliphatic carbocycles. The third-order valence-corrected chi connectivity index (χ3v) is 4.04. The largest absolute Gasteiger partial charge is 0.450 e. The summed E-state index contributed by atoms with van der Waals surface area (Å²) in [7, 11) is 0. The lowest BCUT2D eigenvalue weighted by molar-refractivity contribution is -0.170. The van der Waals surface area contributed by atoms with E-state index in [1.807, 2.05) is 0 Å². The lowest BCUT2D eigenvalue weighted by Crippen LogP contribution is -2.25. The molecule has 0 unspecified atom stereocenters. The van der Waals surface area contributed by atoms with Gasteiger partial charge in [0.05, 0.1) is 12.8 Å². The van der Waals surface area contributed by atoms with E-state index in [4.69, 9.17) is 0 Å². The minimum atomic E-state index is -5.09. The molecule has 0 fully saturated rings. The van der Waals surface area contributed by atoms with Crippen molar-refractivity contribution in [3.63, 3.8) is 0 Å². The van der Waals surface area contributed by atoms with Crippen molar-refractivity contribution in [3.05, 3.63) is 70.8 Å². The van der Waals surface area contributed by atoms with Crippen LogP contribution in [0.15, 0.2) is 48.5 Å². The molecular weight excluding hydrogens is 442 g/mol. The zero-order valence-corrected chi connectivity index (χ0v) is 15.9. The summed E-state index contributed by atoms with van der Waals surface area (Å²) in [5.74, 6) is -0.871. The minimum Gasteiger partial charge on any atom is -0.294 e. The van der Waals surface area contributed by atoms with Gasteiger partial charge >= 0.3 is 12.4 Å². The van der Waals surface area contributed by atoms with Crippen LogP contribution in [0.25, 0.3) is 0 Å². The normalized spacial score (nSPS) is 11.3. The highest BCUT2D eigenvalue weighted by molar-refractivity contribution is 6.10. The Balaban J connectivity index is 2.03. The van der Waals surface area contributed by atoms with Gasteiger partial charge in [0.1, 0.15) is 0 Å². The molecule has 0 amide bonds. The molecule has 2 rings (SSSR count). The Labute approximate surface area is 177 Å². The SMILES string of the molecule is O=C(CC(=O)C(F)(F)F)c1ccc(C#Cc2ccc(C(=O)CC(=O)C(F)(F)F)cc2)cc1. The third-order valence-electron chi connectivity index (χ3n) is 4.04. The second kappa shape index (κ2) is 9.60. The summed E-state index contributed by atoms with van der Waals surface area (Å²) in [5.41, 5.74) is 0.591. The standard InChI is InChI=1S/C22H12F6O4/c23-21(24,25)19(31)11-17(29)15-7-3-13(4-8-15)1-2-14-5-9-16(10-6-14)18(30)12-20(32)22(26,27)28/h3-10H,11-12H2. The van der Waals surface area contributed by atoms with E-state index in [1.165, 1.54) is 48.5 Å². The van der Waals surface area contributed by atoms with Gasteiger partial charge in [0.25, 0.3) is 0 Å². The van der Waals surface area contributed by atoms with Crippen molar-refractivity contribution in [1.29, 1.82) is 0 Å².